The Hall–Kier alpha value is -1.11. The SMILES string of the molecule is CCCCCCCCC(CCc1cc(F)c(F)c(F)c1)C(O)(OC(C)C)OC(C)C. The number of unbranched alkanes of at least 4 members (excludes halogenated alkanes) is 5. The lowest BCUT2D eigenvalue weighted by Gasteiger charge is -2.38. The van der Waals surface area contributed by atoms with Crippen LogP contribution < -0.4 is 0 Å². The maximum Gasteiger partial charge on any atom is 0.283 e. The summed E-state index contributed by atoms with van der Waals surface area (Å²) < 4.78 is 52.0. The predicted molar refractivity (Wildman–Crippen MR) is 114 cm³/mol. The lowest BCUT2D eigenvalue weighted by atomic mass is 9.91. The van der Waals surface area contributed by atoms with Gasteiger partial charge in [-0.3, -0.25) is 0 Å². The Bertz CT molecular complexity index is 587. The lowest BCUT2D eigenvalue weighted by molar-refractivity contribution is -0.407. The maximum absolute atomic E-state index is 13.6. The molecule has 0 saturated heterocycles. The average molecular weight is 433 g/mol. The van der Waals surface area contributed by atoms with Crippen molar-refractivity contribution in [3.8, 4) is 0 Å². The summed E-state index contributed by atoms with van der Waals surface area (Å²) in [7, 11) is 0. The minimum absolute atomic E-state index is 0.262. The monoisotopic (exact) mass is 432 g/mol. The number of benzene rings is 1. The van der Waals surface area contributed by atoms with Crippen molar-refractivity contribution in [1.29, 1.82) is 0 Å². The smallest absolute Gasteiger partial charge is 0.283 e. The summed E-state index contributed by atoms with van der Waals surface area (Å²) in [6.45, 7) is 9.45. The van der Waals surface area contributed by atoms with E-state index in [9.17, 15) is 18.3 Å². The minimum atomic E-state index is -1.79. The predicted octanol–water partition coefficient (Wildman–Crippen LogP) is 6.90. The topological polar surface area (TPSA) is 38.7 Å². The van der Waals surface area contributed by atoms with E-state index in [4.69, 9.17) is 9.47 Å². The fourth-order valence-corrected chi connectivity index (χ4v) is 3.67. The van der Waals surface area contributed by atoms with Crippen molar-refractivity contribution in [2.75, 3.05) is 0 Å². The highest BCUT2D eigenvalue weighted by atomic mass is 19.2. The van der Waals surface area contributed by atoms with Gasteiger partial charge in [-0.05, 0) is 64.7 Å². The fraction of sp³-hybridized carbons (Fsp3) is 0.750. The largest absolute Gasteiger partial charge is 0.343 e. The summed E-state index contributed by atoms with van der Waals surface area (Å²) in [5, 5.41) is 11.2. The fourth-order valence-electron chi connectivity index (χ4n) is 3.67. The van der Waals surface area contributed by atoms with Crippen molar-refractivity contribution < 1.29 is 27.8 Å². The Morgan fingerprint density at radius 2 is 1.33 bits per heavy atom. The van der Waals surface area contributed by atoms with Gasteiger partial charge in [0.2, 0.25) is 0 Å². The molecule has 0 spiro atoms. The summed E-state index contributed by atoms with van der Waals surface area (Å²) in [5.41, 5.74) is 0.343. The van der Waals surface area contributed by atoms with Crippen LogP contribution in [0.2, 0.25) is 0 Å². The molecule has 0 amide bonds. The Morgan fingerprint density at radius 3 is 1.83 bits per heavy atom. The highest BCUT2D eigenvalue weighted by molar-refractivity contribution is 5.19. The van der Waals surface area contributed by atoms with Gasteiger partial charge in [-0.15, -0.1) is 0 Å². The normalized spacial score (nSPS) is 13.4. The van der Waals surface area contributed by atoms with Crippen molar-refractivity contribution >= 4 is 0 Å². The zero-order chi connectivity index (χ0) is 22.7. The highest BCUT2D eigenvalue weighted by Gasteiger charge is 2.40. The van der Waals surface area contributed by atoms with Crippen LogP contribution in [0.3, 0.4) is 0 Å². The summed E-state index contributed by atoms with van der Waals surface area (Å²) in [5.74, 6) is -6.05. The molecule has 0 aromatic heterocycles. The quantitative estimate of drug-likeness (QED) is 0.186. The molecule has 1 aromatic rings. The van der Waals surface area contributed by atoms with Gasteiger partial charge in [0, 0.05) is 5.92 Å². The second-order valence-electron chi connectivity index (χ2n) is 8.63. The number of rotatable bonds is 15. The molecule has 0 radical (unpaired) electrons. The molecule has 0 saturated carbocycles. The number of ether oxygens (including phenoxy) is 2. The van der Waals surface area contributed by atoms with Crippen LogP contribution in [0.15, 0.2) is 12.1 Å². The molecule has 0 aliphatic rings. The molecule has 1 unspecified atom stereocenters. The van der Waals surface area contributed by atoms with Gasteiger partial charge in [0.05, 0.1) is 12.2 Å². The van der Waals surface area contributed by atoms with Crippen LogP contribution in [0.1, 0.15) is 91.5 Å². The summed E-state index contributed by atoms with van der Waals surface area (Å²) in [4.78, 5) is 0. The zero-order valence-corrected chi connectivity index (χ0v) is 19.1. The van der Waals surface area contributed by atoms with Gasteiger partial charge in [-0.25, -0.2) is 13.2 Å². The number of aliphatic hydroxyl groups is 1. The van der Waals surface area contributed by atoms with E-state index in [1.54, 1.807) is 0 Å². The third kappa shape index (κ3) is 9.36. The van der Waals surface area contributed by atoms with Gasteiger partial charge in [0.1, 0.15) is 0 Å². The van der Waals surface area contributed by atoms with Gasteiger partial charge in [0.15, 0.2) is 17.5 Å². The molecule has 30 heavy (non-hydrogen) atoms. The summed E-state index contributed by atoms with van der Waals surface area (Å²) in [6, 6.07) is 2.01. The van der Waals surface area contributed by atoms with Crippen LogP contribution >= 0.6 is 0 Å². The van der Waals surface area contributed by atoms with E-state index in [0.717, 1.165) is 31.4 Å². The molecule has 0 bridgehead atoms. The van der Waals surface area contributed by atoms with Gasteiger partial charge in [-0.1, -0.05) is 45.4 Å². The van der Waals surface area contributed by atoms with Crippen molar-refractivity contribution in [3.05, 3.63) is 35.1 Å². The van der Waals surface area contributed by atoms with Gasteiger partial charge in [0.25, 0.3) is 5.97 Å². The van der Waals surface area contributed by atoms with Crippen LogP contribution in [0, 0.1) is 23.4 Å². The number of hydrogen-bond donors (Lipinski definition) is 1. The van der Waals surface area contributed by atoms with E-state index in [1.165, 1.54) is 19.3 Å². The molecular formula is C24H39F3O3. The first-order chi connectivity index (χ1) is 14.1. The van der Waals surface area contributed by atoms with E-state index < -0.39 is 23.4 Å². The Kier molecular flexibility index (Phi) is 12.0. The van der Waals surface area contributed by atoms with Crippen LogP contribution in [-0.4, -0.2) is 23.3 Å². The Labute approximate surface area is 180 Å². The number of aryl methyl sites for hydroxylation is 1. The molecule has 0 aliphatic carbocycles. The van der Waals surface area contributed by atoms with E-state index in [-0.39, 0.29) is 24.5 Å². The first-order valence-electron chi connectivity index (χ1n) is 11.3. The molecular weight excluding hydrogens is 393 g/mol. The van der Waals surface area contributed by atoms with Gasteiger partial charge < -0.3 is 14.6 Å². The molecule has 0 heterocycles. The molecule has 6 heteroatoms. The molecule has 1 rings (SSSR count). The number of hydrogen-bond acceptors (Lipinski definition) is 3. The van der Waals surface area contributed by atoms with Crippen LogP contribution in [0.25, 0.3) is 0 Å². The maximum atomic E-state index is 13.6. The first-order valence-corrected chi connectivity index (χ1v) is 11.3. The molecule has 1 atom stereocenters. The molecule has 1 aromatic carbocycles. The highest BCUT2D eigenvalue weighted by Crippen LogP contribution is 2.33. The van der Waals surface area contributed by atoms with E-state index in [1.807, 2.05) is 27.7 Å². The van der Waals surface area contributed by atoms with Gasteiger partial charge >= 0.3 is 0 Å². The summed E-state index contributed by atoms with van der Waals surface area (Å²) in [6.07, 6.45) is 7.45. The Balaban J connectivity index is 2.91. The van der Waals surface area contributed by atoms with Crippen LogP contribution in [0.5, 0.6) is 0 Å². The Morgan fingerprint density at radius 1 is 0.833 bits per heavy atom. The number of halogens is 3. The van der Waals surface area contributed by atoms with E-state index in [2.05, 4.69) is 6.92 Å². The molecule has 1 N–H and O–H groups in total. The van der Waals surface area contributed by atoms with Crippen molar-refractivity contribution in [3.63, 3.8) is 0 Å². The third-order valence-electron chi connectivity index (χ3n) is 5.06. The van der Waals surface area contributed by atoms with E-state index in [0.29, 0.717) is 18.4 Å². The van der Waals surface area contributed by atoms with Crippen LogP contribution in [0.4, 0.5) is 13.2 Å². The average Bonchev–Trinajstić information content (AvgIpc) is 2.63. The van der Waals surface area contributed by atoms with Crippen molar-refractivity contribution in [1.82, 2.24) is 0 Å². The van der Waals surface area contributed by atoms with E-state index >= 15 is 0 Å². The second kappa shape index (κ2) is 13.3. The minimum Gasteiger partial charge on any atom is -0.343 e. The second-order valence-corrected chi connectivity index (χ2v) is 8.63. The molecule has 0 aliphatic heterocycles. The van der Waals surface area contributed by atoms with Crippen molar-refractivity contribution in [2.24, 2.45) is 5.92 Å². The standard InChI is InChI=1S/C24H39F3O3/c1-6-7-8-9-10-11-12-20(24(28,29-17(2)3)30-18(4)5)14-13-19-15-21(25)23(27)22(26)16-19/h15-18,20,28H,6-14H2,1-5H3. The lowest BCUT2D eigenvalue weighted by Crippen LogP contribution is -2.47. The molecule has 174 valence electrons. The molecule has 3 nitrogen and oxygen atoms in total. The molecule has 0 fully saturated rings. The zero-order valence-electron chi connectivity index (χ0n) is 19.1. The third-order valence-corrected chi connectivity index (χ3v) is 5.06. The first kappa shape index (κ1) is 26.9. The van der Waals surface area contributed by atoms with Crippen molar-refractivity contribution in [2.45, 2.75) is 111 Å². The summed E-state index contributed by atoms with van der Waals surface area (Å²) >= 11 is 0. The van der Waals surface area contributed by atoms with Gasteiger partial charge in [-0.2, -0.15) is 0 Å². The van der Waals surface area contributed by atoms with Crippen LogP contribution in [-0.2, 0) is 15.9 Å².